The van der Waals surface area contributed by atoms with E-state index in [1.54, 1.807) is 0 Å². The summed E-state index contributed by atoms with van der Waals surface area (Å²) in [7, 11) is 0. The van der Waals surface area contributed by atoms with Gasteiger partial charge >= 0.3 is 0 Å². The standard InChI is InChI=1S/C21H26N4OS/c26-18(22-19(15-6-7-15)16-8-9-16)13-27-21-24-23-20(17-10-11-17)25(21)12-14-4-2-1-3-5-14/h1-5,15-17,19H,6-13H2,(H,22,26). The lowest BCUT2D eigenvalue weighted by Gasteiger charge is -2.17. The first-order valence-corrected chi connectivity index (χ1v) is 11.2. The van der Waals surface area contributed by atoms with Crippen molar-refractivity contribution in [2.24, 2.45) is 11.8 Å². The molecule has 1 aromatic carbocycles. The number of nitrogens with zero attached hydrogens (tertiary/aromatic N) is 3. The third-order valence-corrected chi connectivity index (χ3v) is 6.76. The molecule has 0 atom stereocenters. The van der Waals surface area contributed by atoms with E-state index in [4.69, 9.17) is 0 Å². The third-order valence-electron chi connectivity index (χ3n) is 5.79. The second kappa shape index (κ2) is 7.30. The highest BCUT2D eigenvalue weighted by molar-refractivity contribution is 7.99. The fourth-order valence-electron chi connectivity index (χ4n) is 3.85. The molecule has 27 heavy (non-hydrogen) atoms. The fourth-order valence-corrected chi connectivity index (χ4v) is 4.61. The summed E-state index contributed by atoms with van der Waals surface area (Å²) in [5.74, 6) is 3.65. The van der Waals surface area contributed by atoms with Crippen LogP contribution in [0.15, 0.2) is 35.5 Å². The van der Waals surface area contributed by atoms with Gasteiger partial charge in [0.25, 0.3) is 0 Å². The van der Waals surface area contributed by atoms with Gasteiger partial charge in [0, 0.05) is 12.0 Å². The summed E-state index contributed by atoms with van der Waals surface area (Å²) < 4.78 is 2.21. The second-order valence-corrected chi connectivity index (χ2v) is 9.19. The largest absolute Gasteiger partial charge is 0.352 e. The van der Waals surface area contributed by atoms with Crippen LogP contribution in [0.1, 0.15) is 55.8 Å². The molecule has 3 fully saturated rings. The molecule has 1 amide bonds. The Bertz CT molecular complexity index is 797. The summed E-state index contributed by atoms with van der Waals surface area (Å²) in [4.78, 5) is 12.5. The number of benzene rings is 1. The minimum atomic E-state index is 0.144. The van der Waals surface area contributed by atoms with Gasteiger partial charge in [-0.2, -0.15) is 0 Å². The fraction of sp³-hybridized carbons (Fsp3) is 0.571. The normalized spacial score (nSPS) is 19.4. The quantitative estimate of drug-likeness (QED) is 0.673. The number of rotatable bonds is 9. The Morgan fingerprint density at radius 3 is 2.41 bits per heavy atom. The van der Waals surface area contributed by atoms with E-state index in [2.05, 4.69) is 44.3 Å². The van der Waals surface area contributed by atoms with Gasteiger partial charge in [-0.05, 0) is 55.9 Å². The van der Waals surface area contributed by atoms with E-state index >= 15 is 0 Å². The first-order valence-electron chi connectivity index (χ1n) is 10.2. The molecule has 3 saturated carbocycles. The highest BCUT2D eigenvalue weighted by atomic mass is 32.2. The average molecular weight is 383 g/mol. The summed E-state index contributed by atoms with van der Waals surface area (Å²) in [6.45, 7) is 0.774. The van der Waals surface area contributed by atoms with Crippen molar-refractivity contribution in [1.82, 2.24) is 20.1 Å². The highest BCUT2D eigenvalue weighted by Gasteiger charge is 2.42. The van der Waals surface area contributed by atoms with E-state index in [1.165, 1.54) is 55.9 Å². The topological polar surface area (TPSA) is 59.8 Å². The summed E-state index contributed by atoms with van der Waals surface area (Å²) >= 11 is 1.52. The lowest BCUT2D eigenvalue weighted by atomic mass is 10.1. The van der Waals surface area contributed by atoms with Crippen molar-refractivity contribution in [1.29, 1.82) is 0 Å². The molecule has 6 heteroatoms. The Morgan fingerprint density at radius 2 is 1.78 bits per heavy atom. The zero-order valence-electron chi connectivity index (χ0n) is 15.5. The number of aromatic nitrogens is 3. The lowest BCUT2D eigenvalue weighted by Crippen LogP contribution is -2.39. The van der Waals surface area contributed by atoms with Gasteiger partial charge in [0.05, 0.1) is 12.3 Å². The van der Waals surface area contributed by atoms with Crippen molar-refractivity contribution in [2.75, 3.05) is 5.75 Å². The maximum atomic E-state index is 12.5. The van der Waals surface area contributed by atoms with Crippen LogP contribution in [-0.2, 0) is 11.3 Å². The van der Waals surface area contributed by atoms with Gasteiger partial charge in [-0.3, -0.25) is 4.79 Å². The summed E-state index contributed by atoms with van der Waals surface area (Å²) in [6.07, 6.45) is 7.52. The summed E-state index contributed by atoms with van der Waals surface area (Å²) in [5.41, 5.74) is 1.24. The van der Waals surface area contributed by atoms with Gasteiger partial charge in [0.2, 0.25) is 5.91 Å². The third kappa shape index (κ3) is 4.21. The molecular formula is C21H26N4OS. The van der Waals surface area contributed by atoms with Crippen molar-refractivity contribution in [3.63, 3.8) is 0 Å². The number of hydrogen-bond donors (Lipinski definition) is 1. The van der Waals surface area contributed by atoms with Crippen molar-refractivity contribution in [2.45, 2.75) is 62.2 Å². The van der Waals surface area contributed by atoms with E-state index in [1.807, 2.05) is 6.07 Å². The molecule has 5 rings (SSSR count). The molecule has 0 radical (unpaired) electrons. The zero-order chi connectivity index (χ0) is 18.2. The maximum Gasteiger partial charge on any atom is 0.230 e. The van der Waals surface area contributed by atoms with Gasteiger partial charge in [-0.25, -0.2) is 0 Å². The smallest absolute Gasteiger partial charge is 0.230 e. The Labute approximate surface area is 164 Å². The molecule has 3 aliphatic rings. The molecule has 1 N–H and O–H groups in total. The lowest BCUT2D eigenvalue weighted by molar-refractivity contribution is -0.119. The minimum Gasteiger partial charge on any atom is -0.352 e. The van der Waals surface area contributed by atoms with Crippen LogP contribution in [0.3, 0.4) is 0 Å². The van der Waals surface area contributed by atoms with E-state index in [0.29, 0.717) is 17.7 Å². The van der Waals surface area contributed by atoms with E-state index in [9.17, 15) is 4.79 Å². The molecule has 3 aliphatic carbocycles. The molecule has 0 spiro atoms. The average Bonchev–Trinajstić information content (AvgIpc) is 3.55. The highest BCUT2D eigenvalue weighted by Crippen LogP contribution is 2.44. The zero-order valence-corrected chi connectivity index (χ0v) is 16.3. The predicted octanol–water partition coefficient (Wildman–Crippen LogP) is 3.60. The van der Waals surface area contributed by atoms with Gasteiger partial charge in [0.15, 0.2) is 5.16 Å². The monoisotopic (exact) mass is 382 g/mol. The van der Waals surface area contributed by atoms with Gasteiger partial charge in [-0.15, -0.1) is 10.2 Å². The SMILES string of the molecule is O=C(CSc1nnc(C2CC2)n1Cc1ccccc1)NC(C1CC1)C1CC1. The molecule has 1 heterocycles. The first kappa shape index (κ1) is 17.3. The van der Waals surface area contributed by atoms with Crippen molar-refractivity contribution in [3.8, 4) is 0 Å². The predicted molar refractivity (Wildman–Crippen MR) is 106 cm³/mol. The maximum absolute atomic E-state index is 12.5. The summed E-state index contributed by atoms with van der Waals surface area (Å²) in [5, 5.41) is 13.0. The molecule has 5 nitrogen and oxygen atoms in total. The Morgan fingerprint density at radius 1 is 1.07 bits per heavy atom. The van der Waals surface area contributed by atoms with Crippen LogP contribution >= 0.6 is 11.8 Å². The van der Waals surface area contributed by atoms with Crippen molar-refractivity contribution < 1.29 is 4.79 Å². The number of carbonyl (C=O) groups excluding carboxylic acids is 1. The molecule has 142 valence electrons. The van der Waals surface area contributed by atoms with Gasteiger partial charge in [0.1, 0.15) is 5.82 Å². The van der Waals surface area contributed by atoms with E-state index < -0.39 is 0 Å². The number of carbonyl (C=O) groups is 1. The second-order valence-electron chi connectivity index (χ2n) is 8.24. The van der Waals surface area contributed by atoms with Crippen LogP contribution in [0.5, 0.6) is 0 Å². The molecule has 0 aliphatic heterocycles. The van der Waals surface area contributed by atoms with Crippen LogP contribution in [0.2, 0.25) is 0 Å². The molecule has 0 unspecified atom stereocenters. The number of amides is 1. The first-order chi connectivity index (χ1) is 13.3. The minimum absolute atomic E-state index is 0.144. The van der Waals surface area contributed by atoms with Crippen LogP contribution < -0.4 is 5.32 Å². The number of nitrogens with one attached hydrogen (secondary N) is 1. The van der Waals surface area contributed by atoms with E-state index in [-0.39, 0.29) is 5.91 Å². The van der Waals surface area contributed by atoms with Crippen LogP contribution in [0.25, 0.3) is 0 Å². The molecule has 1 aromatic heterocycles. The van der Waals surface area contributed by atoms with Gasteiger partial charge < -0.3 is 9.88 Å². The Kier molecular flexibility index (Phi) is 4.68. The molecule has 0 bridgehead atoms. The van der Waals surface area contributed by atoms with Crippen LogP contribution in [0, 0.1) is 11.8 Å². The van der Waals surface area contributed by atoms with Crippen molar-refractivity contribution >= 4 is 17.7 Å². The van der Waals surface area contributed by atoms with Crippen LogP contribution in [0.4, 0.5) is 0 Å². The van der Waals surface area contributed by atoms with E-state index in [0.717, 1.165) is 29.4 Å². The Hall–Kier alpha value is -1.82. The molecule has 0 saturated heterocycles. The molecular weight excluding hydrogens is 356 g/mol. The van der Waals surface area contributed by atoms with Crippen molar-refractivity contribution in [3.05, 3.63) is 41.7 Å². The number of thioether (sulfide) groups is 1. The number of hydrogen-bond acceptors (Lipinski definition) is 4. The van der Waals surface area contributed by atoms with Crippen LogP contribution in [-0.4, -0.2) is 32.5 Å². The molecule has 2 aromatic rings. The summed E-state index contributed by atoms with van der Waals surface area (Å²) in [6, 6.07) is 10.8. The van der Waals surface area contributed by atoms with Gasteiger partial charge in [-0.1, -0.05) is 42.1 Å². The Balaban J connectivity index is 1.25.